The minimum atomic E-state index is -0.721. The zero-order chi connectivity index (χ0) is 15.5. The predicted octanol–water partition coefficient (Wildman–Crippen LogP) is 0.182. The standard InChI is InChI=1S/C13H23N5O2S/c1-17(2)9-8-14-11(21)16-18-10(19)13(15-12(18)20)6-4-3-5-7-13/h3-9H2,1-2H3,(H,15,20)(H2,14,16,21). The first-order valence-corrected chi connectivity index (χ1v) is 7.71. The Morgan fingerprint density at radius 2 is 2.00 bits per heavy atom. The van der Waals surface area contributed by atoms with Gasteiger partial charge in [-0.2, -0.15) is 5.01 Å². The Balaban J connectivity index is 1.89. The predicted molar refractivity (Wildman–Crippen MR) is 83.5 cm³/mol. The second kappa shape index (κ2) is 6.57. The Bertz CT molecular complexity index is 434. The average Bonchev–Trinajstić information content (AvgIpc) is 2.64. The summed E-state index contributed by atoms with van der Waals surface area (Å²) in [4.78, 5) is 26.5. The van der Waals surface area contributed by atoms with Crippen molar-refractivity contribution >= 4 is 29.3 Å². The SMILES string of the molecule is CN(C)CCNC(=S)NN1C(=O)NC2(CCCCC2)C1=O. The molecule has 1 heterocycles. The highest BCUT2D eigenvalue weighted by Gasteiger charge is 2.51. The van der Waals surface area contributed by atoms with E-state index in [1.165, 1.54) is 0 Å². The molecule has 21 heavy (non-hydrogen) atoms. The molecule has 118 valence electrons. The van der Waals surface area contributed by atoms with E-state index >= 15 is 0 Å². The first-order valence-electron chi connectivity index (χ1n) is 7.30. The molecule has 1 aliphatic heterocycles. The van der Waals surface area contributed by atoms with Gasteiger partial charge in [-0.3, -0.25) is 10.2 Å². The number of likely N-dealkylation sites (N-methyl/N-ethyl adjacent to an activating group) is 1. The van der Waals surface area contributed by atoms with Gasteiger partial charge >= 0.3 is 6.03 Å². The fourth-order valence-electron chi connectivity index (χ4n) is 2.75. The zero-order valence-electron chi connectivity index (χ0n) is 12.6. The van der Waals surface area contributed by atoms with Gasteiger partial charge in [-0.1, -0.05) is 19.3 Å². The third kappa shape index (κ3) is 3.62. The van der Waals surface area contributed by atoms with Crippen LogP contribution in [0.5, 0.6) is 0 Å². The summed E-state index contributed by atoms with van der Waals surface area (Å²) in [5.74, 6) is -0.219. The number of thiocarbonyl (C=S) groups is 1. The van der Waals surface area contributed by atoms with Crippen molar-refractivity contribution in [1.82, 2.24) is 26.0 Å². The van der Waals surface area contributed by atoms with Crippen LogP contribution in [0.15, 0.2) is 0 Å². The number of nitrogens with zero attached hydrogens (tertiary/aromatic N) is 2. The number of amides is 3. The maximum atomic E-state index is 12.5. The van der Waals surface area contributed by atoms with Gasteiger partial charge in [-0.15, -0.1) is 0 Å². The lowest BCUT2D eigenvalue weighted by molar-refractivity contribution is -0.133. The quantitative estimate of drug-likeness (QED) is 0.508. The molecule has 1 saturated carbocycles. The maximum Gasteiger partial charge on any atom is 0.344 e. The lowest BCUT2D eigenvalue weighted by Gasteiger charge is -2.30. The van der Waals surface area contributed by atoms with Crippen molar-refractivity contribution in [3.8, 4) is 0 Å². The van der Waals surface area contributed by atoms with Crippen LogP contribution in [-0.2, 0) is 4.79 Å². The molecular formula is C13H23N5O2S. The van der Waals surface area contributed by atoms with Crippen LogP contribution in [0, 0.1) is 0 Å². The van der Waals surface area contributed by atoms with Crippen LogP contribution in [0.3, 0.4) is 0 Å². The molecule has 3 N–H and O–H groups in total. The number of hydrazine groups is 1. The number of urea groups is 1. The summed E-state index contributed by atoms with van der Waals surface area (Å²) in [6.45, 7) is 1.46. The van der Waals surface area contributed by atoms with Crippen LogP contribution >= 0.6 is 12.2 Å². The highest BCUT2D eigenvalue weighted by atomic mass is 32.1. The molecule has 2 rings (SSSR count). The van der Waals surface area contributed by atoms with Crippen LogP contribution in [0.1, 0.15) is 32.1 Å². The monoisotopic (exact) mass is 313 g/mol. The van der Waals surface area contributed by atoms with Crippen molar-refractivity contribution in [2.45, 2.75) is 37.6 Å². The summed E-state index contributed by atoms with van der Waals surface area (Å²) < 4.78 is 0. The Hall–Kier alpha value is -1.41. The van der Waals surface area contributed by atoms with Crippen molar-refractivity contribution in [2.75, 3.05) is 27.2 Å². The minimum absolute atomic E-state index is 0.219. The van der Waals surface area contributed by atoms with Crippen LogP contribution < -0.4 is 16.1 Å². The van der Waals surface area contributed by atoms with Gasteiger partial charge in [0.15, 0.2) is 5.11 Å². The fraction of sp³-hybridized carbons (Fsp3) is 0.769. The summed E-state index contributed by atoms with van der Waals surface area (Å²) in [7, 11) is 3.92. The van der Waals surface area contributed by atoms with E-state index in [-0.39, 0.29) is 11.0 Å². The van der Waals surface area contributed by atoms with Gasteiger partial charge in [0.1, 0.15) is 5.54 Å². The molecule has 2 fully saturated rings. The lowest BCUT2D eigenvalue weighted by Crippen LogP contribution is -2.53. The Morgan fingerprint density at radius 1 is 1.33 bits per heavy atom. The summed E-state index contributed by atoms with van der Waals surface area (Å²) in [5, 5.41) is 7.10. The van der Waals surface area contributed by atoms with Crippen molar-refractivity contribution < 1.29 is 9.59 Å². The molecular weight excluding hydrogens is 290 g/mol. The molecule has 1 aliphatic carbocycles. The molecule has 7 nitrogen and oxygen atoms in total. The highest BCUT2D eigenvalue weighted by Crippen LogP contribution is 2.32. The number of rotatable bonds is 4. The van der Waals surface area contributed by atoms with Crippen molar-refractivity contribution in [1.29, 1.82) is 0 Å². The van der Waals surface area contributed by atoms with Crippen molar-refractivity contribution in [3.63, 3.8) is 0 Å². The van der Waals surface area contributed by atoms with Crippen LogP contribution in [-0.4, -0.2) is 59.7 Å². The van der Waals surface area contributed by atoms with Crippen molar-refractivity contribution in [3.05, 3.63) is 0 Å². The van der Waals surface area contributed by atoms with Gasteiger partial charge in [-0.25, -0.2) is 4.79 Å². The van der Waals surface area contributed by atoms with E-state index in [0.29, 0.717) is 19.4 Å². The Kier molecular flexibility index (Phi) is 5.00. The van der Waals surface area contributed by atoms with E-state index in [9.17, 15) is 9.59 Å². The van der Waals surface area contributed by atoms with E-state index in [4.69, 9.17) is 12.2 Å². The zero-order valence-corrected chi connectivity index (χ0v) is 13.4. The summed E-state index contributed by atoms with van der Waals surface area (Å²) in [6, 6.07) is -0.418. The van der Waals surface area contributed by atoms with Gasteiger partial charge in [-0.05, 0) is 39.2 Å². The second-order valence-corrected chi connectivity index (χ2v) is 6.29. The average molecular weight is 313 g/mol. The largest absolute Gasteiger partial charge is 0.360 e. The number of carbonyl (C=O) groups excluding carboxylic acids is 2. The summed E-state index contributed by atoms with van der Waals surface area (Å²) >= 11 is 5.12. The van der Waals surface area contributed by atoms with E-state index in [1.807, 2.05) is 19.0 Å². The number of imide groups is 1. The first-order chi connectivity index (χ1) is 9.94. The molecule has 0 aromatic rings. The van der Waals surface area contributed by atoms with Crippen LogP contribution in [0.25, 0.3) is 0 Å². The normalized spacial score (nSPS) is 20.8. The molecule has 2 aliphatic rings. The van der Waals surface area contributed by atoms with Gasteiger partial charge in [0, 0.05) is 13.1 Å². The first kappa shape index (κ1) is 16.0. The minimum Gasteiger partial charge on any atom is -0.360 e. The molecule has 3 amide bonds. The Morgan fingerprint density at radius 3 is 2.62 bits per heavy atom. The molecule has 8 heteroatoms. The molecule has 0 unspecified atom stereocenters. The molecule has 0 radical (unpaired) electrons. The molecule has 1 spiro atoms. The molecule has 0 bridgehead atoms. The van der Waals surface area contributed by atoms with Crippen LogP contribution in [0.2, 0.25) is 0 Å². The molecule has 0 aromatic heterocycles. The van der Waals surface area contributed by atoms with Crippen LogP contribution in [0.4, 0.5) is 4.79 Å². The summed E-state index contributed by atoms with van der Waals surface area (Å²) in [5.41, 5.74) is 1.98. The van der Waals surface area contributed by atoms with E-state index in [1.54, 1.807) is 0 Å². The van der Waals surface area contributed by atoms with Gasteiger partial charge in [0.25, 0.3) is 5.91 Å². The molecule has 0 aromatic carbocycles. The molecule has 1 saturated heterocycles. The fourth-order valence-corrected chi connectivity index (χ4v) is 2.94. The highest BCUT2D eigenvalue weighted by molar-refractivity contribution is 7.80. The third-order valence-electron chi connectivity index (χ3n) is 3.93. The maximum absolute atomic E-state index is 12.5. The molecule has 0 atom stereocenters. The smallest absolute Gasteiger partial charge is 0.344 e. The van der Waals surface area contributed by atoms with Gasteiger partial charge in [0.05, 0.1) is 0 Å². The Labute approximate surface area is 130 Å². The third-order valence-corrected chi connectivity index (χ3v) is 4.16. The lowest BCUT2D eigenvalue weighted by atomic mass is 9.82. The number of nitrogens with one attached hydrogen (secondary N) is 3. The van der Waals surface area contributed by atoms with E-state index in [2.05, 4.69) is 16.1 Å². The number of carbonyl (C=O) groups is 2. The number of hydrogen-bond donors (Lipinski definition) is 3. The van der Waals surface area contributed by atoms with E-state index in [0.717, 1.165) is 30.8 Å². The van der Waals surface area contributed by atoms with Gasteiger partial charge < -0.3 is 15.5 Å². The second-order valence-electron chi connectivity index (χ2n) is 5.88. The van der Waals surface area contributed by atoms with Gasteiger partial charge in [0.2, 0.25) is 0 Å². The number of hydrogen-bond acceptors (Lipinski definition) is 4. The van der Waals surface area contributed by atoms with E-state index < -0.39 is 11.6 Å². The summed E-state index contributed by atoms with van der Waals surface area (Å²) in [6.07, 6.45) is 4.45. The van der Waals surface area contributed by atoms with Crippen molar-refractivity contribution in [2.24, 2.45) is 0 Å². The topological polar surface area (TPSA) is 76.7 Å².